The number of para-hydroxylation sites is 1. The Balaban J connectivity index is 2.04. The SMILES string of the molecule is CCN(CC)C(=O)Nc1c(Cl)ccc2c1C(N)(c1ccccc1OC)C(=O)N2S(=O)(=O)c1ccccc1. The lowest BCUT2D eigenvalue weighted by Gasteiger charge is -2.28. The molecule has 37 heavy (non-hydrogen) atoms. The summed E-state index contributed by atoms with van der Waals surface area (Å²) in [6.45, 7) is 4.48. The van der Waals surface area contributed by atoms with Crippen molar-refractivity contribution in [3.8, 4) is 5.75 Å². The number of rotatable bonds is 7. The maximum atomic E-state index is 14.2. The predicted octanol–water partition coefficient (Wildman–Crippen LogP) is 4.16. The monoisotopic (exact) mass is 542 g/mol. The highest BCUT2D eigenvalue weighted by Crippen LogP contribution is 2.52. The third kappa shape index (κ3) is 4.20. The van der Waals surface area contributed by atoms with Crippen LogP contribution < -0.4 is 20.1 Å². The molecule has 0 spiro atoms. The first kappa shape index (κ1) is 26.5. The van der Waals surface area contributed by atoms with Crippen molar-refractivity contribution in [1.29, 1.82) is 0 Å². The summed E-state index contributed by atoms with van der Waals surface area (Å²) in [6.07, 6.45) is 0. The maximum absolute atomic E-state index is 14.2. The van der Waals surface area contributed by atoms with Crippen molar-refractivity contribution in [1.82, 2.24) is 4.90 Å². The molecule has 0 saturated carbocycles. The van der Waals surface area contributed by atoms with Gasteiger partial charge < -0.3 is 20.7 Å². The maximum Gasteiger partial charge on any atom is 0.321 e. The molecule has 1 aliphatic rings. The van der Waals surface area contributed by atoms with Gasteiger partial charge in [-0.25, -0.2) is 17.5 Å². The van der Waals surface area contributed by atoms with Gasteiger partial charge in [-0.3, -0.25) is 4.79 Å². The molecule has 1 unspecified atom stereocenters. The largest absolute Gasteiger partial charge is 0.496 e. The molecule has 194 valence electrons. The quantitative estimate of drug-likeness (QED) is 0.462. The molecule has 0 aromatic heterocycles. The molecule has 3 aromatic carbocycles. The van der Waals surface area contributed by atoms with Crippen molar-refractivity contribution >= 4 is 44.9 Å². The van der Waals surface area contributed by atoms with Gasteiger partial charge in [-0.1, -0.05) is 48.0 Å². The zero-order valence-electron chi connectivity index (χ0n) is 20.6. The van der Waals surface area contributed by atoms with Crippen LogP contribution in [0.4, 0.5) is 16.2 Å². The fourth-order valence-corrected chi connectivity index (χ4v) is 6.18. The van der Waals surface area contributed by atoms with E-state index in [0.717, 1.165) is 0 Å². The minimum absolute atomic E-state index is 0.0125. The number of urea groups is 1. The number of anilines is 2. The van der Waals surface area contributed by atoms with E-state index in [1.807, 2.05) is 13.8 Å². The summed E-state index contributed by atoms with van der Waals surface area (Å²) in [7, 11) is -2.97. The summed E-state index contributed by atoms with van der Waals surface area (Å²) in [5, 5.41) is 2.86. The summed E-state index contributed by atoms with van der Waals surface area (Å²) < 4.78 is 33.7. The average Bonchev–Trinajstić information content (AvgIpc) is 3.14. The van der Waals surface area contributed by atoms with Crippen LogP contribution in [0.5, 0.6) is 5.75 Å². The van der Waals surface area contributed by atoms with Gasteiger partial charge in [0.25, 0.3) is 15.9 Å². The van der Waals surface area contributed by atoms with E-state index >= 15 is 0 Å². The van der Waals surface area contributed by atoms with Crippen LogP contribution in [0.25, 0.3) is 0 Å². The first-order chi connectivity index (χ1) is 17.6. The molecular weight excluding hydrogens is 516 g/mol. The summed E-state index contributed by atoms with van der Waals surface area (Å²) in [6, 6.07) is 16.5. The van der Waals surface area contributed by atoms with E-state index in [1.165, 1.54) is 36.3 Å². The van der Waals surface area contributed by atoms with Crippen LogP contribution >= 0.6 is 11.6 Å². The molecule has 1 heterocycles. The number of nitrogens with zero attached hydrogens (tertiary/aromatic N) is 2. The highest BCUT2D eigenvalue weighted by Gasteiger charge is 2.56. The molecule has 0 aliphatic carbocycles. The average molecular weight is 543 g/mol. The lowest BCUT2D eigenvalue weighted by Crippen LogP contribution is -2.50. The predicted molar refractivity (Wildman–Crippen MR) is 142 cm³/mol. The molecule has 11 heteroatoms. The van der Waals surface area contributed by atoms with Crippen molar-refractivity contribution < 1.29 is 22.7 Å². The lowest BCUT2D eigenvalue weighted by atomic mass is 9.83. The third-order valence-electron chi connectivity index (χ3n) is 6.36. The Labute approximate surface area is 220 Å². The van der Waals surface area contributed by atoms with Crippen molar-refractivity contribution in [3.05, 3.63) is 82.9 Å². The Morgan fingerprint density at radius 3 is 2.30 bits per heavy atom. The minimum atomic E-state index is -4.39. The van der Waals surface area contributed by atoms with Gasteiger partial charge in [0.15, 0.2) is 5.54 Å². The van der Waals surface area contributed by atoms with E-state index in [-0.39, 0.29) is 38.2 Å². The molecule has 1 aliphatic heterocycles. The second kappa shape index (κ2) is 10.0. The number of carbonyl (C=O) groups excluding carboxylic acids is 2. The van der Waals surface area contributed by atoms with E-state index in [1.54, 1.807) is 42.5 Å². The number of nitrogens with two attached hydrogens (primary N) is 1. The zero-order chi connectivity index (χ0) is 27.0. The summed E-state index contributed by atoms with van der Waals surface area (Å²) in [5.41, 5.74) is 5.15. The van der Waals surface area contributed by atoms with E-state index in [2.05, 4.69) is 5.32 Å². The Morgan fingerprint density at radius 2 is 1.68 bits per heavy atom. The normalized spacial score (nSPS) is 16.9. The number of hydrogen-bond donors (Lipinski definition) is 2. The van der Waals surface area contributed by atoms with Crippen molar-refractivity contribution in [2.24, 2.45) is 5.73 Å². The Bertz CT molecular complexity index is 1460. The van der Waals surface area contributed by atoms with Crippen molar-refractivity contribution in [2.45, 2.75) is 24.3 Å². The minimum Gasteiger partial charge on any atom is -0.496 e. The smallest absolute Gasteiger partial charge is 0.321 e. The van der Waals surface area contributed by atoms with Gasteiger partial charge in [0, 0.05) is 24.2 Å². The molecule has 3 N–H and O–H groups in total. The van der Waals surface area contributed by atoms with Crippen LogP contribution in [-0.2, 0) is 20.4 Å². The summed E-state index contributed by atoms with van der Waals surface area (Å²) in [5.74, 6) is -0.666. The number of amides is 3. The number of nitrogens with one attached hydrogen (secondary N) is 1. The standard InChI is InChI=1S/C26H27ClN4O5S/c1-4-30(5-2)25(33)29-23-19(27)15-16-20-22(23)26(28,18-13-9-10-14-21(18)36-3)24(32)31(20)37(34,35)17-11-7-6-8-12-17/h6-16H,4-5,28H2,1-3H3,(H,29,33). The molecule has 4 rings (SSSR count). The lowest BCUT2D eigenvalue weighted by molar-refractivity contribution is -0.120. The fraction of sp³-hybridized carbons (Fsp3) is 0.231. The molecular formula is C26H27ClN4O5S. The molecule has 3 amide bonds. The number of sulfonamides is 1. The highest BCUT2D eigenvalue weighted by atomic mass is 35.5. The van der Waals surface area contributed by atoms with E-state index in [0.29, 0.717) is 17.4 Å². The number of halogens is 1. The number of methoxy groups -OCH3 is 1. The van der Waals surface area contributed by atoms with Gasteiger partial charge in [-0.15, -0.1) is 0 Å². The second-order valence-electron chi connectivity index (χ2n) is 8.31. The first-order valence-electron chi connectivity index (χ1n) is 11.6. The van der Waals surface area contributed by atoms with Crippen LogP contribution in [0.15, 0.2) is 71.6 Å². The summed E-state index contributed by atoms with van der Waals surface area (Å²) in [4.78, 5) is 28.6. The Morgan fingerprint density at radius 1 is 1.05 bits per heavy atom. The van der Waals surface area contributed by atoms with Crippen LogP contribution in [-0.4, -0.2) is 45.5 Å². The van der Waals surface area contributed by atoms with Gasteiger partial charge in [0.1, 0.15) is 5.75 Å². The molecule has 3 aromatic rings. The van der Waals surface area contributed by atoms with E-state index < -0.39 is 27.5 Å². The number of benzene rings is 3. The number of fused-ring (bicyclic) bond motifs is 1. The molecule has 0 saturated heterocycles. The molecule has 1 atom stereocenters. The second-order valence-corrected chi connectivity index (χ2v) is 10.5. The van der Waals surface area contributed by atoms with Crippen LogP contribution in [0.3, 0.4) is 0 Å². The third-order valence-corrected chi connectivity index (χ3v) is 8.39. The Kier molecular flexibility index (Phi) is 7.18. The van der Waals surface area contributed by atoms with Crippen LogP contribution in [0.1, 0.15) is 25.0 Å². The number of ether oxygens (including phenoxy) is 1. The first-order valence-corrected chi connectivity index (χ1v) is 13.4. The van der Waals surface area contributed by atoms with Crippen LogP contribution in [0, 0.1) is 0 Å². The van der Waals surface area contributed by atoms with Gasteiger partial charge in [0.05, 0.1) is 28.4 Å². The molecule has 0 fully saturated rings. The van der Waals surface area contributed by atoms with Crippen molar-refractivity contribution in [3.63, 3.8) is 0 Å². The highest BCUT2D eigenvalue weighted by molar-refractivity contribution is 7.93. The molecule has 0 radical (unpaired) electrons. The number of carbonyl (C=O) groups is 2. The van der Waals surface area contributed by atoms with Gasteiger partial charge in [-0.2, -0.15) is 0 Å². The zero-order valence-corrected chi connectivity index (χ0v) is 22.1. The van der Waals surface area contributed by atoms with Gasteiger partial charge in [-0.05, 0) is 44.2 Å². The topological polar surface area (TPSA) is 122 Å². The molecule has 9 nitrogen and oxygen atoms in total. The Hall–Kier alpha value is -3.60. The van der Waals surface area contributed by atoms with E-state index in [4.69, 9.17) is 22.1 Å². The summed E-state index contributed by atoms with van der Waals surface area (Å²) >= 11 is 6.56. The fourth-order valence-electron chi connectivity index (χ4n) is 4.49. The van der Waals surface area contributed by atoms with Gasteiger partial charge in [0.2, 0.25) is 0 Å². The van der Waals surface area contributed by atoms with Crippen molar-refractivity contribution in [2.75, 3.05) is 29.8 Å². The number of hydrogen-bond acceptors (Lipinski definition) is 6. The molecule has 0 bridgehead atoms. The van der Waals surface area contributed by atoms with E-state index in [9.17, 15) is 18.0 Å². The van der Waals surface area contributed by atoms with Gasteiger partial charge >= 0.3 is 6.03 Å². The van der Waals surface area contributed by atoms with Crippen LogP contribution in [0.2, 0.25) is 5.02 Å².